The molecule has 2 unspecified atom stereocenters. The Balaban J connectivity index is 1.70. The first-order valence-electron chi connectivity index (χ1n) is 13.4. The molecule has 224 valence electrons. The topological polar surface area (TPSA) is 112 Å². The summed E-state index contributed by atoms with van der Waals surface area (Å²) in [4.78, 5) is 44.1. The first kappa shape index (κ1) is 30.2. The van der Waals surface area contributed by atoms with Crippen LogP contribution < -0.4 is 15.0 Å². The molecule has 13 heteroatoms. The summed E-state index contributed by atoms with van der Waals surface area (Å²) in [6, 6.07) is 5.60. The smallest absolute Gasteiger partial charge is 0.422 e. The number of alkyl halides is 3. The number of halogens is 3. The highest BCUT2D eigenvalue weighted by atomic mass is 19.4. The molecule has 0 aromatic heterocycles. The lowest BCUT2D eigenvalue weighted by atomic mass is 9.77. The number of likely N-dealkylation sites (tertiary alicyclic amines) is 1. The van der Waals surface area contributed by atoms with Crippen LogP contribution in [0.15, 0.2) is 47.5 Å². The van der Waals surface area contributed by atoms with Crippen molar-refractivity contribution in [1.29, 1.82) is 0 Å². The fraction of sp³-hybridized carbons (Fsp3) is 0.536. The molecule has 41 heavy (non-hydrogen) atoms. The molecule has 1 saturated heterocycles. The molecule has 0 saturated carbocycles. The van der Waals surface area contributed by atoms with E-state index < -0.39 is 48.6 Å². The SMILES string of the molecule is CCC1=CC2N(C)C(C(=O)NC3CCN(C(=O)CO)CC3)=C(OCC(F)(F)F)C2(C)C(=O)N1c1ccc(OC)cc1. The van der Waals surface area contributed by atoms with Crippen LogP contribution in [-0.2, 0) is 19.1 Å². The van der Waals surface area contributed by atoms with E-state index in [1.807, 2.05) is 6.92 Å². The van der Waals surface area contributed by atoms with E-state index in [9.17, 15) is 27.6 Å². The molecule has 0 bridgehead atoms. The van der Waals surface area contributed by atoms with E-state index >= 15 is 0 Å². The van der Waals surface area contributed by atoms with Crippen LogP contribution in [0.1, 0.15) is 33.1 Å². The maximum atomic E-state index is 14.3. The van der Waals surface area contributed by atoms with Crippen molar-refractivity contribution in [2.45, 2.75) is 51.4 Å². The molecule has 1 fully saturated rings. The summed E-state index contributed by atoms with van der Waals surface area (Å²) in [6.07, 6.45) is -1.66. The van der Waals surface area contributed by atoms with E-state index in [2.05, 4.69) is 5.32 Å². The second-order valence-corrected chi connectivity index (χ2v) is 10.5. The van der Waals surface area contributed by atoms with E-state index in [4.69, 9.17) is 14.6 Å². The van der Waals surface area contributed by atoms with Gasteiger partial charge < -0.3 is 29.7 Å². The van der Waals surface area contributed by atoms with E-state index in [0.29, 0.717) is 49.5 Å². The predicted molar refractivity (Wildman–Crippen MR) is 142 cm³/mol. The number of hydrogen-bond acceptors (Lipinski definition) is 7. The molecular formula is C28H35F3N4O6. The van der Waals surface area contributed by atoms with Crippen LogP contribution in [0.25, 0.3) is 0 Å². The third-order valence-electron chi connectivity index (χ3n) is 7.94. The number of hydrogen-bond donors (Lipinski definition) is 2. The zero-order valence-corrected chi connectivity index (χ0v) is 23.5. The molecule has 0 spiro atoms. The van der Waals surface area contributed by atoms with Gasteiger partial charge >= 0.3 is 6.18 Å². The van der Waals surface area contributed by atoms with Gasteiger partial charge in [-0.05, 0) is 56.5 Å². The van der Waals surface area contributed by atoms with E-state index in [-0.39, 0.29) is 17.5 Å². The molecule has 0 aliphatic carbocycles. The van der Waals surface area contributed by atoms with Crippen LogP contribution in [0.5, 0.6) is 5.75 Å². The average molecular weight is 581 g/mol. The molecule has 3 aliphatic heterocycles. The van der Waals surface area contributed by atoms with Crippen molar-refractivity contribution >= 4 is 23.4 Å². The molecule has 1 aromatic carbocycles. The number of methoxy groups -OCH3 is 1. The number of nitrogens with zero attached hydrogens (tertiary/aromatic N) is 3. The third-order valence-corrected chi connectivity index (χ3v) is 7.94. The molecular weight excluding hydrogens is 545 g/mol. The number of benzene rings is 1. The standard InChI is InChI=1S/C28H35F3N4O6/c1-5-18-14-21-27(2,26(39)35(18)19-6-8-20(40-4)9-7-19)24(41-16-28(29,30)31)23(33(21)3)25(38)32-17-10-12-34(13-11-17)22(37)15-36/h6-9,14,17,21,36H,5,10-13,15-16H2,1-4H3,(H,32,38). The number of aliphatic hydroxyl groups is 1. The number of amides is 3. The number of aliphatic hydroxyl groups excluding tert-OH is 1. The Kier molecular flexibility index (Phi) is 8.57. The lowest BCUT2D eigenvalue weighted by Crippen LogP contribution is -2.54. The van der Waals surface area contributed by atoms with Crippen molar-refractivity contribution in [2.75, 3.05) is 45.4 Å². The molecule has 1 aromatic rings. The van der Waals surface area contributed by atoms with Gasteiger partial charge in [-0.25, -0.2) is 0 Å². The highest BCUT2D eigenvalue weighted by Crippen LogP contribution is 2.51. The van der Waals surface area contributed by atoms with Crippen LogP contribution in [0.3, 0.4) is 0 Å². The van der Waals surface area contributed by atoms with Gasteiger partial charge in [-0.3, -0.25) is 19.3 Å². The quantitative estimate of drug-likeness (QED) is 0.486. The normalized spacial score (nSPS) is 23.4. The number of rotatable bonds is 8. The Morgan fingerprint density at radius 1 is 1.17 bits per heavy atom. The van der Waals surface area contributed by atoms with E-state index in [1.165, 1.54) is 28.7 Å². The van der Waals surface area contributed by atoms with Crippen molar-refractivity contribution in [1.82, 2.24) is 15.1 Å². The Morgan fingerprint density at radius 3 is 2.34 bits per heavy atom. The Bertz CT molecular complexity index is 1240. The van der Waals surface area contributed by atoms with Crippen molar-refractivity contribution in [3.63, 3.8) is 0 Å². The molecule has 4 rings (SSSR count). The minimum Gasteiger partial charge on any atom is -0.497 e. The largest absolute Gasteiger partial charge is 0.497 e. The second-order valence-electron chi connectivity index (χ2n) is 10.5. The number of allylic oxidation sites excluding steroid dienone is 1. The lowest BCUT2D eigenvalue weighted by molar-refractivity contribution is -0.170. The highest BCUT2D eigenvalue weighted by Gasteiger charge is 2.60. The Morgan fingerprint density at radius 2 is 1.80 bits per heavy atom. The number of nitrogens with one attached hydrogen (secondary N) is 1. The number of piperidine rings is 1. The van der Waals surface area contributed by atoms with Crippen LogP contribution in [0.4, 0.5) is 18.9 Å². The van der Waals surface area contributed by atoms with Gasteiger partial charge in [-0.15, -0.1) is 0 Å². The first-order chi connectivity index (χ1) is 19.3. The van der Waals surface area contributed by atoms with E-state index in [1.54, 1.807) is 37.4 Å². The Hall–Kier alpha value is -3.74. The zero-order valence-electron chi connectivity index (χ0n) is 23.5. The minimum absolute atomic E-state index is 0.146. The molecule has 0 radical (unpaired) electrons. The predicted octanol–water partition coefficient (Wildman–Crippen LogP) is 2.55. The number of likely N-dealkylation sites (N-methyl/N-ethyl adjacent to an activating group) is 1. The summed E-state index contributed by atoms with van der Waals surface area (Å²) in [7, 11) is 3.07. The second kappa shape index (κ2) is 11.6. The summed E-state index contributed by atoms with van der Waals surface area (Å²) in [5.74, 6) is -1.37. The fourth-order valence-electron chi connectivity index (χ4n) is 5.74. The molecule has 10 nitrogen and oxygen atoms in total. The molecule has 2 N–H and O–H groups in total. The van der Waals surface area contributed by atoms with Gasteiger partial charge in [0, 0.05) is 37.6 Å². The zero-order chi connectivity index (χ0) is 30.1. The maximum Gasteiger partial charge on any atom is 0.422 e. The highest BCUT2D eigenvalue weighted by molar-refractivity contribution is 6.06. The van der Waals surface area contributed by atoms with Crippen LogP contribution in [-0.4, -0.2) is 91.3 Å². The average Bonchev–Trinajstić information content (AvgIpc) is 3.17. The number of ether oxygens (including phenoxy) is 2. The monoisotopic (exact) mass is 580 g/mol. The summed E-state index contributed by atoms with van der Waals surface area (Å²) < 4.78 is 50.7. The van der Waals surface area contributed by atoms with Crippen molar-refractivity contribution < 1.29 is 42.1 Å². The summed E-state index contributed by atoms with van der Waals surface area (Å²) >= 11 is 0. The van der Waals surface area contributed by atoms with Crippen LogP contribution in [0, 0.1) is 5.41 Å². The van der Waals surface area contributed by atoms with E-state index in [0.717, 1.165) is 0 Å². The summed E-state index contributed by atoms with van der Waals surface area (Å²) in [6.45, 7) is 1.72. The van der Waals surface area contributed by atoms with Crippen molar-refractivity contribution in [3.05, 3.63) is 47.5 Å². The molecule has 2 atom stereocenters. The van der Waals surface area contributed by atoms with Gasteiger partial charge in [0.2, 0.25) is 11.8 Å². The number of carbonyl (C=O) groups is 3. The molecule has 3 heterocycles. The molecule has 3 aliphatic rings. The van der Waals surface area contributed by atoms with Crippen LogP contribution in [0.2, 0.25) is 0 Å². The third kappa shape index (κ3) is 5.72. The number of anilines is 1. The summed E-state index contributed by atoms with van der Waals surface area (Å²) in [5, 5.41) is 12.0. The van der Waals surface area contributed by atoms with Gasteiger partial charge in [0.1, 0.15) is 29.2 Å². The maximum absolute atomic E-state index is 14.3. The van der Waals surface area contributed by atoms with Gasteiger partial charge in [-0.1, -0.05) is 6.92 Å². The van der Waals surface area contributed by atoms with Crippen LogP contribution >= 0.6 is 0 Å². The van der Waals surface area contributed by atoms with Gasteiger partial charge in [0.25, 0.3) is 5.91 Å². The Labute approximate surface area is 236 Å². The summed E-state index contributed by atoms with van der Waals surface area (Å²) in [5.41, 5.74) is -0.648. The number of carbonyl (C=O) groups excluding carboxylic acids is 3. The lowest BCUT2D eigenvalue weighted by Gasteiger charge is -2.43. The molecule has 3 amide bonds. The first-order valence-corrected chi connectivity index (χ1v) is 13.4. The number of fused-ring (bicyclic) bond motifs is 1. The fourth-order valence-corrected chi connectivity index (χ4v) is 5.74. The van der Waals surface area contributed by atoms with Gasteiger partial charge in [0.15, 0.2) is 6.61 Å². The van der Waals surface area contributed by atoms with Crippen molar-refractivity contribution in [3.8, 4) is 5.75 Å². The minimum atomic E-state index is -4.70. The van der Waals surface area contributed by atoms with Crippen molar-refractivity contribution in [2.24, 2.45) is 5.41 Å². The van der Waals surface area contributed by atoms with Gasteiger partial charge in [0.05, 0.1) is 13.2 Å². The van der Waals surface area contributed by atoms with Gasteiger partial charge in [-0.2, -0.15) is 13.2 Å².